The number of rotatable bonds is 12. The molecule has 0 amide bonds. The average molecular weight is 601 g/mol. The van der Waals surface area contributed by atoms with Gasteiger partial charge in [-0.05, 0) is 101 Å². The fourth-order valence-corrected chi connectivity index (χ4v) is 4.33. The summed E-state index contributed by atoms with van der Waals surface area (Å²) < 4.78 is 0. The highest BCUT2D eigenvalue weighted by molar-refractivity contribution is 5.83. The molecule has 0 fully saturated rings. The molecular weight excluding hydrogens is 556 g/mol. The lowest BCUT2D eigenvalue weighted by Crippen LogP contribution is -1.88. The molecule has 0 aromatic heterocycles. The number of para-hydroxylation sites is 2. The van der Waals surface area contributed by atoms with E-state index < -0.39 is 0 Å². The van der Waals surface area contributed by atoms with Crippen molar-refractivity contribution in [3.8, 4) is 0 Å². The Morgan fingerprint density at radius 1 is 0.587 bits per heavy atom. The summed E-state index contributed by atoms with van der Waals surface area (Å²) in [4.78, 5) is 0. The van der Waals surface area contributed by atoms with Crippen LogP contribution in [0, 0.1) is 0 Å². The van der Waals surface area contributed by atoms with Crippen molar-refractivity contribution >= 4 is 28.1 Å². The molecule has 3 N–H and O–H groups in total. The maximum atomic E-state index is 5.36. The number of hydrogen-bond donors (Lipinski definition) is 2. The number of benzene rings is 4. The minimum atomic E-state index is 0.822. The van der Waals surface area contributed by atoms with E-state index in [1.54, 1.807) is 0 Å². The summed E-state index contributed by atoms with van der Waals surface area (Å²) in [7, 11) is 0. The Kier molecular flexibility index (Phi) is 14.6. The molecule has 4 aromatic carbocycles. The van der Waals surface area contributed by atoms with Crippen molar-refractivity contribution in [3.05, 3.63) is 224 Å². The Bertz CT molecular complexity index is 1750. The SMILES string of the molecule is C=C(/C=C\C=C/Nc1ccccc1)C(=C)/C=C(\C=C/C)c1cccc(C(=C)/C=C\C(=C/C)c2ccccc2)c1.Nc1ccccc1. The molecule has 4 aromatic rings. The fourth-order valence-electron chi connectivity index (χ4n) is 4.33. The van der Waals surface area contributed by atoms with E-state index in [4.69, 9.17) is 5.73 Å². The first kappa shape index (κ1) is 34.6. The van der Waals surface area contributed by atoms with Gasteiger partial charge in [0, 0.05) is 17.6 Å². The molecule has 46 heavy (non-hydrogen) atoms. The normalized spacial score (nSPS) is 12.0. The van der Waals surface area contributed by atoms with Gasteiger partial charge in [-0.25, -0.2) is 0 Å². The Hall–Kier alpha value is -5.86. The third-order valence-electron chi connectivity index (χ3n) is 6.87. The predicted octanol–water partition coefficient (Wildman–Crippen LogP) is 11.9. The number of nitrogens with one attached hydrogen (secondary N) is 1. The zero-order valence-corrected chi connectivity index (χ0v) is 26.9. The molecular formula is C44H44N2. The molecule has 0 bridgehead atoms. The van der Waals surface area contributed by atoms with Gasteiger partial charge in [0.1, 0.15) is 0 Å². The van der Waals surface area contributed by atoms with E-state index >= 15 is 0 Å². The quantitative estimate of drug-likeness (QED) is 0.125. The molecule has 0 saturated heterocycles. The number of hydrogen-bond acceptors (Lipinski definition) is 2. The first-order valence-corrected chi connectivity index (χ1v) is 15.3. The van der Waals surface area contributed by atoms with Crippen LogP contribution in [0.2, 0.25) is 0 Å². The monoisotopic (exact) mass is 600 g/mol. The maximum absolute atomic E-state index is 5.36. The van der Waals surface area contributed by atoms with Gasteiger partial charge in [0.05, 0.1) is 0 Å². The summed E-state index contributed by atoms with van der Waals surface area (Å²) in [5.41, 5.74) is 15.5. The first-order valence-electron chi connectivity index (χ1n) is 15.3. The molecule has 0 saturated carbocycles. The Labute approximate surface area is 276 Å². The van der Waals surface area contributed by atoms with E-state index in [1.165, 1.54) is 5.56 Å². The van der Waals surface area contributed by atoms with Crippen molar-refractivity contribution in [3.63, 3.8) is 0 Å². The van der Waals surface area contributed by atoms with Crippen LogP contribution in [0.15, 0.2) is 207 Å². The maximum Gasteiger partial charge on any atom is 0.0379 e. The zero-order valence-electron chi connectivity index (χ0n) is 26.9. The Morgan fingerprint density at radius 2 is 1.20 bits per heavy atom. The van der Waals surface area contributed by atoms with Crippen molar-refractivity contribution < 1.29 is 0 Å². The second kappa shape index (κ2) is 19.4. The van der Waals surface area contributed by atoms with E-state index in [9.17, 15) is 0 Å². The highest BCUT2D eigenvalue weighted by Gasteiger charge is 2.04. The second-order valence-corrected chi connectivity index (χ2v) is 10.3. The molecule has 0 aliphatic rings. The standard InChI is InChI=1S/C38H37N.C6H7N/c1-6-17-36(28-32(5)30(3)18-14-15-27-39-38-23-12-9-13-24-38)37-22-16-21-35(29-37)31(4)25-26-33(7-2)34-19-10-8-11-20-34;7-6-4-2-1-3-5-6/h6-29,39H,3-5H2,1-2H3;1-5H,7H2/b17-6-,18-14-,26-25-,27-15-,33-7+,36-28+;. The van der Waals surface area contributed by atoms with Crippen molar-refractivity contribution in [1.82, 2.24) is 0 Å². The van der Waals surface area contributed by atoms with E-state index in [1.807, 2.05) is 104 Å². The number of nitrogens with two attached hydrogens (primary N) is 1. The lowest BCUT2D eigenvalue weighted by atomic mass is 9.96. The van der Waals surface area contributed by atoms with Crippen molar-refractivity contribution in [2.24, 2.45) is 0 Å². The highest BCUT2D eigenvalue weighted by Crippen LogP contribution is 2.25. The largest absolute Gasteiger partial charge is 0.399 e. The minimum absolute atomic E-state index is 0.822. The van der Waals surface area contributed by atoms with Crippen LogP contribution in [-0.2, 0) is 0 Å². The number of nitrogen functional groups attached to an aromatic ring is 1. The van der Waals surface area contributed by atoms with Crippen LogP contribution in [0.3, 0.4) is 0 Å². The lowest BCUT2D eigenvalue weighted by molar-refractivity contribution is 1.53. The topological polar surface area (TPSA) is 38.0 Å². The van der Waals surface area contributed by atoms with Gasteiger partial charge in [-0.3, -0.25) is 0 Å². The second-order valence-electron chi connectivity index (χ2n) is 10.3. The van der Waals surface area contributed by atoms with E-state index in [2.05, 4.69) is 111 Å². The van der Waals surface area contributed by atoms with Crippen molar-refractivity contribution in [2.45, 2.75) is 13.8 Å². The van der Waals surface area contributed by atoms with Crippen molar-refractivity contribution in [2.75, 3.05) is 11.1 Å². The molecule has 2 heteroatoms. The number of allylic oxidation sites excluding steroid dienone is 14. The number of anilines is 2. The summed E-state index contributed by atoms with van der Waals surface area (Å²) >= 11 is 0. The Morgan fingerprint density at radius 3 is 1.80 bits per heavy atom. The lowest BCUT2D eigenvalue weighted by Gasteiger charge is -2.09. The molecule has 230 valence electrons. The summed E-state index contributed by atoms with van der Waals surface area (Å²) in [6.07, 6.45) is 20.3. The van der Waals surface area contributed by atoms with Crippen molar-refractivity contribution in [1.29, 1.82) is 0 Å². The average Bonchev–Trinajstić information content (AvgIpc) is 3.09. The third kappa shape index (κ3) is 12.0. The van der Waals surface area contributed by atoms with Crippen LogP contribution in [0.1, 0.15) is 30.5 Å². The van der Waals surface area contributed by atoms with Gasteiger partial charge in [0.2, 0.25) is 0 Å². The van der Waals surface area contributed by atoms with E-state index in [-0.39, 0.29) is 0 Å². The van der Waals surface area contributed by atoms with E-state index in [0.717, 1.165) is 50.4 Å². The summed E-state index contributed by atoms with van der Waals surface area (Å²) in [6, 6.07) is 38.3. The molecule has 4 rings (SSSR count). The molecule has 0 aliphatic heterocycles. The molecule has 0 aliphatic carbocycles. The highest BCUT2D eigenvalue weighted by atomic mass is 14.8. The van der Waals surface area contributed by atoms with E-state index in [0.29, 0.717) is 0 Å². The van der Waals surface area contributed by atoms with Crippen LogP contribution < -0.4 is 11.1 Å². The predicted molar refractivity (Wildman–Crippen MR) is 205 cm³/mol. The molecule has 0 heterocycles. The smallest absolute Gasteiger partial charge is 0.0379 e. The first-order chi connectivity index (χ1) is 22.4. The summed E-state index contributed by atoms with van der Waals surface area (Å²) in [5, 5.41) is 3.24. The zero-order chi connectivity index (χ0) is 33.0. The van der Waals surface area contributed by atoms with Gasteiger partial charge in [-0.15, -0.1) is 0 Å². The molecule has 0 atom stereocenters. The molecule has 2 nitrogen and oxygen atoms in total. The van der Waals surface area contributed by atoms with Gasteiger partial charge in [-0.2, -0.15) is 0 Å². The molecule has 0 unspecified atom stereocenters. The van der Waals surface area contributed by atoms with Gasteiger partial charge in [-0.1, -0.05) is 147 Å². The van der Waals surface area contributed by atoms with Gasteiger partial charge in [0.25, 0.3) is 0 Å². The Balaban J connectivity index is 0.000000724. The third-order valence-corrected chi connectivity index (χ3v) is 6.87. The van der Waals surface area contributed by atoms with Crippen LogP contribution in [-0.4, -0.2) is 0 Å². The van der Waals surface area contributed by atoms with Gasteiger partial charge >= 0.3 is 0 Å². The van der Waals surface area contributed by atoms with Gasteiger partial charge < -0.3 is 11.1 Å². The van der Waals surface area contributed by atoms with Crippen LogP contribution in [0.4, 0.5) is 11.4 Å². The minimum Gasteiger partial charge on any atom is -0.399 e. The molecule has 0 spiro atoms. The molecule has 0 radical (unpaired) electrons. The van der Waals surface area contributed by atoms with Crippen LogP contribution in [0.5, 0.6) is 0 Å². The summed E-state index contributed by atoms with van der Waals surface area (Å²) in [5.74, 6) is 0. The fraction of sp³-hybridized carbons (Fsp3) is 0.0455. The van der Waals surface area contributed by atoms with Crippen LogP contribution in [0.25, 0.3) is 16.7 Å². The van der Waals surface area contributed by atoms with Crippen LogP contribution >= 0.6 is 0 Å². The summed E-state index contributed by atoms with van der Waals surface area (Å²) in [6.45, 7) is 16.9. The van der Waals surface area contributed by atoms with Gasteiger partial charge in [0.15, 0.2) is 0 Å².